The first-order chi connectivity index (χ1) is 9.42. The van der Waals surface area contributed by atoms with Crippen molar-refractivity contribution in [2.45, 2.75) is 26.7 Å². The lowest BCUT2D eigenvalue weighted by atomic mass is 9.96. The molecule has 3 amide bonds. The Kier molecular flexibility index (Phi) is 3.79. The van der Waals surface area contributed by atoms with Gasteiger partial charge in [-0.1, -0.05) is 13.8 Å². The van der Waals surface area contributed by atoms with E-state index in [9.17, 15) is 9.59 Å². The maximum atomic E-state index is 11.6. The van der Waals surface area contributed by atoms with Gasteiger partial charge in [-0.15, -0.1) is 0 Å². The Bertz CT molecular complexity index is 603. The van der Waals surface area contributed by atoms with Crippen molar-refractivity contribution in [3.8, 4) is 5.75 Å². The van der Waals surface area contributed by atoms with Crippen molar-refractivity contribution in [3.63, 3.8) is 0 Å². The molecule has 1 aliphatic heterocycles. The second-order valence-electron chi connectivity index (χ2n) is 5.07. The summed E-state index contributed by atoms with van der Waals surface area (Å²) in [6.45, 7) is 6.09. The third-order valence-corrected chi connectivity index (χ3v) is 3.26. The monoisotopic (exact) mass is 274 g/mol. The standard InChI is InChI=1S/C15H18N2O3/c1-8(2)11-6-10(9(3)5-13(11)20-4)7-12-14(18)17-15(19)16-12/h5-8H,1-4H3,(H2,16,17,18,19)/b12-7+. The van der Waals surface area contributed by atoms with E-state index in [2.05, 4.69) is 24.5 Å². The molecule has 5 heteroatoms. The lowest BCUT2D eigenvalue weighted by molar-refractivity contribution is -0.115. The zero-order valence-electron chi connectivity index (χ0n) is 12.0. The zero-order chi connectivity index (χ0) is 14.9. The lowest BCUT2D eigenvalue weighted by Crippen LogP contribution is -2.22. The molecule has 0 unspecified atom stereocenters. The molecule has 1 saturated heterocycles. The molecule has 20 heavy (non-hydrogen) atoms. The van der Waals surface area contributed by atoms with E-state index in [1.807, 2.05) is 19.1 Å². The summed E-state index contributed by atoms with van der Waals surface area (Å²) in [5.74, 6) is 0.727. The predicted molar refractivity (Wildman–Crippen MR) is 76.5 cm³/mol. The molecule has 0 radical (unpaired) electrons. The molecule has 106 valence electrons. The van der Waals surface area contributed by atoms with E-state index in [0.29, 0.717) is 5.92 Å². The Morgan fingerprint density at radius 1 is 1.20 bits per heavy atom. The van der Waals surface area contributed by atoms with E-state index in [0.717, 1.165) is 22.4 Å². The van der Waals surface area contributed by atoms with Crippen LogP contribution in [-0.2, 0) is 4.79 Å². The fraction of sp³-hybridized carbons (Fsp3) is 0.333. The average molecular weight is 274 g/mol. The van der Waals surface area contributed by atoms with Crippen LogP contribution in [0.2, 0.25) is 0 Å². The van der Waals surface area contributed by atoms with Crippen LogP contribution in [0.5, 0.6) is 5.75 Å². The molecule has 1 aromatic rings. The maximum Gasteiger partial charge on any atom is 0.326 e. The number of amides is 3. The van der Waals surface area contributed by atoms with E-state index in [4.69, 9.17) is 4.74 Å². The highest BCUT2D eigenvalue weighted by Gasteiger charge is 2.23. The molecule has 0 saturated carbocycles. The SMILES string of the molecule is COc1cc(C)c(/C=C2/NC(=O)NC2=O)cc1C(C)C. The molecule has 1 fully saturated rings. The van der Waals surface area contributed by atoms with Crippen LogP contribution in [0.25, 0.3) is 6.08 Å². The van der Waals surface area contributed by atoms with E-state index in [1.165, 1.54) is 0 Å². The summed E-state index contributed by atoms with van der Waals surface area (Å²) >= 11 is 0. The first-order valence-electron chi connectivity index (χ1n) is 6.45. The molecule has 1 aromatic carbocycles. The minimum Gasteiger partial charge on any atom is -0.496 e. The number of methoxy groups -OCH3 is 1. The van der Waals surface area contributed by atoms with Gasteiger partial charge in [0.1, 0.15) is 11.4 Å². The number of nitrogens with one attached hydrogen (secondary N) is 2. The van der Waals surface area contributed by atoms with Crippen LogP contribution in [0.15, 0.2) is 17.8 Å². The van der Waals surface area contributed by atoms with E-state index >= 15 is 0 Å². The first-order valence-corrected chi connectivity index (χ1v) is 6.45. The summed E-state index contributed by atoms with van der Waals surface area (Å²) in [4.78, 5) is 22.7. The first kappa shape index (κ1) is 14.1. The molecule has 0 aliphatic carbocycles. The van der Waals surface area contributed by atoms with Crippen LogP contribution in [0, 0.1) is 6.92 Å². The van der Waals surface area contributed by atoms with Gasteiger partial charge >= 0.3 is 6.03 Å². The highest BCUT2D eigenvalue weighted by Crippen LogP contribution is 2.30. The molecule has 5 nitrogen and oxygen atoms in total. The second-order valence-corrected chi connectivity index (χ2v) is 5.07. The average Bonchev–Trinajstić information content (AvgIpc) is 2.69. The lowest BCUT2D eigenvalue weighted by Gasteiger charge is -2.14. The summed E-state index contributed by atoms with van der Waals surface area (Å²) in [5.41, 5.74) is 3.20. The smallest absolute Gasteiger partial charge is 0.326 e. The fourth-order valence-corrected chi connectivity index (χ4v) is 2.14. The van der Waals surface area contributed by atoms with Crippen LogP contribution >= 0.6 is 0 Å². The highest BCUT2D eigenvalue weighted by atomic mass is 16.5. The molecular formula is C15H18N2O3. The Labute approximate surface area is 118 Å². The van der Waals surface area contributed by atoms with Crippen LogP contribution in [0.1, 0.15) is 36.5 Å². The molecule has 0 atom stereocenters. The van der Waals surface area contributed by atoms with Crippen molar-refractivity contribution in [1.29, 1.82) is 0 Å². The number of hydrogen-bond donors (Lipinski definition) is 2. The van der Waals surface area contributed by atoms with Gasteiger partial charge in [-0.25, -0.2) is 4.79 Å². The van der Waals surface area contributed by atoms with Crippen LogP contribution < -0.4 is 15.4 Å². The topological polar surface area (TPSA) is 67.4 Å². The van der Waals surface area contributed by atoms with Gasteiger partial charge in [0.15, 0.2) is 0 Å². The predicted octanol–water partition coefficient (Wildman–Crippen LogP) is 2.31. The molecule has 1 aliphatic rings. The van der Waals surface area contributed by atoms with Crippen molar-refractivity contribution >= 4 is 18.0 Å². The van der Waals surface area contributed by atoms with Gasteiger partial charge in [0.25, 0.3) is 5.91 Å². The minimum absolute atomic E-state index is 0.262. The number of hydrogen-bond acceptors (Lipinski definition) is 3. The summed E-state index contributed by atoms with van der Waals surface area (Å²) in [6.07, 6.45) is 1.68. The van der Waals surface area contributed by atoms with E-state index in [-0.39, 0.29) is 5.70 Å². The zero-order valence-corrected chi connectivity index (χ0v) is 12.0. The van der Waals surface area contributed by atoms with Gasteiger partial charge < -0.3 is 10.1 Å². The Morgan fingerprint density at radius 2 is 1.90 bits per heavy atom. The molecule has 1 heterocycles. The summed E-state index contributed by atoms with van der Waals surface area (Å²) < 4.78 is 5.38. The van der Waals surface area contributed by atoms with Crippen molar-refractivity contribution in [2.24, 2.45) is 0 Å². The molecule has 2 N–H and O–H groups in total. The summed E-state index contributed by atoms with van der Waals surface area (Å²) in [5, 5.41) is 4.67. The summed E-state index contributed by atoms with van der Waals surface area (Å²) in [6, 6.07) is 3.44. The van der Waals surface area contributed by atoms with Gasteiger partial charge in [0, 0.05) is 0 Å². The molecule has 2 rings (SSSR count). The number of carbonyl (C=O) groups is 2. The largest absolute Gasteiger partial charge is 0.496 e. The third kappa shape index (κ3) is 2.66. The van der Waals surface area contributed by atoms with Gasteiger partial charge in [0.2, 0.25) is 0 Å². The molecule has 0 bridgehead atoms. The highest BCUT2D eigenvalue weighted by molar-refractivity contribution is 6.14. The Morgan fingerprint density at radius 3 is 2.40 bits per heavy atom. The number of aryl methyl sites for hydroxylation is 1. The molecule has 0 spiro atoms. The quantitative estimate of drug-likeness (QED) is 0.656. The van der Waals surface area contributed by atoms with Crippen molar-refractivity contribution in [1.82, 2.24) is 10.6 Å². The van der Waals surface area contributed by atoms with Gasteiger partial charge in [-0.2, -0.15) is 0 Å². The Balaban J connectivity index is 2.47. The number of ether oxygens (including phenoxy) is 1. The van der Waals surface area contributed by atoms with Gasteiger partial charge in [0.05, 0.1) is 7.11 Å². The molecule has 0 aromatic heterocycles. The minimum atomic E-state index is -0.489. The van der Waals surface area contributed by atoms with Crippen molar-refractivity contribution in [3.05, 3.63) is 34.5 Å². The van der Waals surface area contributed by atoms with Crippen molar-refractivity contribution in [2.75, 3.05) is 7.11 Å². The van der Waals surface area contributed by atoms with Crippen LogP contribution in [0.4, 0.5) is 4.79 Å². The van der Waals surface area contributed by atoms with Gasteiger partial charge in [-0.3, -0.25) is 10.1 Å². The van der Waals surface area contributed by atoms with Crippen molar-refractivity contribution < 1.29 is 14.3 Å². The summed E-state index contributed by atoms with van der Waals surface area (Å²) in [7, 11) is 1.64. The molecular weight excluding hydrogens is 256 g/mol. The van der Waals surface area contributed by atoms with Crippen LogP contribution in [-0.4, -0.2) is 19.0 Å². The fourth-order valence-electron chi connectivity index (χ4n) is 2.14. The van der Waals surface area contributed by atoms with Gasteiger partial charge in [-0.05, 0) is 47.7 Å². The normalized spacial score (nSPS) is 16.6. The number of urea groups is 1. The number of benzene rings is 1. The number of carbonyl (C=O) groups excluding carboxylic acids is 2. The van der Waals surface area contributed by atoms with E-state index in [1.54, 1.807) is 13.2 Å². The van der Waals surface area contributed by atoms with E-state index < -0.39 is 11.9 Å². The van der Waals surface area contributed by atoms with Crippen LogP contribution in [0.3, 0.4) is 0 Å². The second kappa shape index (κ2) is 5.36. The third-order valence-electron chi connectivity index (χ3n) is 3.26. The maximum absolute atomic E-state index is 11.6. The number of rotatable bonds is 3. The Hall–Kier alpha value is -2.30. The number of imide groups is 1.